The Morgan fingerprint density at radius 1 is 0.447 bits per heavy atom. The van der Waals surface area contributed by atoms with Crippen molar-refractivity contribution in [3.8, 4) is 16.8 Å². The molecule has 2 heterocycles. The molecule has 1 atom stereocenters. The van der Waals surface area contributed by atoms with Gasteiger partial charge in [-0.2, -0.15) is 0 Å². The van der Waals surface area contributed by atoms with Crippen LogP contribution in [0.5, 0.6) is 0 Å². The van der Waals surface area contributed by atoms with Crippen molar-refractivity contribution in [2.24, 2.45) is 0 Å². The summed E-state index contributed by atoms with van der Waals surface area (Å²) in [4.78, 5) is 2.10. The first-order chi connectivity index (χ1) is 23.2. The largest absolute Gasteiger partial charge is 0.309 e. The molecule has 0 fully saturated rings. The van der Waals surface area contributed by atoms with Crippen LogP contribution in [0.15, 0.2) is 186 Å². The van der Waals surface area contributed by atoms with Gasteiger partial charge in [0.05, 0.1) is 16.7 Å². The van der Waals surface area contributed by atoms with Crippen LogP contribution in [0.25, 0.3) is 38.6 Å². The van der Waals surface area contributed by atoms with Gasteiger partial charge in [-0.25, -0.2) is 0 Å². The van der Waals surface area contributed by atoms with E-state index in [9.17, 15) is 0 Å². The van der Waals surface area contributed by atoms with Crippen molar-refractivity contribution >= 4 is 62.8 Å². The third-order valence-electron chi connectivity index (χ3n) is 9.04. The van der Waals surface area contributed by atoms with E-state index in [4.69, 9.17) is 0 Å². The SMILES string of the molecule is O=P1(c2ccccc2)c2ccccc2Sc2ccccc2N1c1ccc(-c2ccc(-n3c4ccccc4c4ccccc43)cc2)cc1. The Kier molecular flexibility index (Phi) is 6.67. The third kappa shape index (κ3) is 4.48. The lowest BCUT2D eigenvalue weighted by Crippen LogP contribution is -2.29. The van der Waals surface area contributed by atoms with Crippen molar-refractivity contribution in [2.75, 3.05) is 4.67 Å². The van der Waals surface area contributed by atoms with Crippen molar-refractivity contribution < 1.29 is 4.57 Å². The molecule has 0 saturated carbocycles. The molecule has 0 radical (unpaired) electrons. The van der Waals surface area contributed by atoms with Crippen LogP contribution in [0.3, 0.4) is 0 Å². The van der Waals surface area contributed by atoms with Crippen LogP contribution in [0.1, 0.15) is 0 Å². The fourth-order valence-electron chi connectivity index (χ4n) is 6.88. The molecule has 0 aliphatic carbocycles. The molecule has 5 heteroatoms. The zero-order chi connectivity index (χ0) is 31.4. The molecule has 7 aromatic carbocycles. The van der Waals surface area contributed by atoms with Gasteiger partial charge in [-0.1, -0.05) is 115 Å². The number of nitrogens with zero attached hydrogens (tertiary/aromatic N) is 2. The Labute approximate surface area is 278 Å². The van der Waals surface area contributed by atoms with E-state index < -0.39 is 7.29 Å². The fraction of sp³-hybridized carbons (Fsp3) is 0. The minimum atomic E-state index is -3.32. The zero-order valence-corrected chi connectivity index (χ0v) is 27.1. The van der Waals surface area contributed by atoms with E-state index >= 15 is 4.57 Å². The number of para-hydroxylation sites is 3. The van der Waals surface area contributed by atoms with Gasteiger partial charge in [-0.15, -0.1) is 0 Å². The second-order valence-corrected chi connectivity index (χ2v) is 15.4. The highest BCUT2D eigenvalue weighted by molar-refractivity contribution is 8.00. The number of fused-ring (bicyclic) bond motifs is 5. The molecule has 1 aromatic heterocycles. The highest BCUT2D eigenvalue weighted by Crippen LogP contribution is 2.60. The summed E-state index contributed by atoms with van der Waals surface area (Å²) in [7, 11) is -3.32. The Bertz CT molecular complexity index is 2420. The highest BCUT2D eigenvalue weighted by Gasteiger charge is 2.41. The predicted molar refractivity (Wildman–Crippen MR) is 199 cm³/mol. The van der Waals surface area contributed by atoms with Gasteiger partial charge in [0.2, 0.25) is 7.29 Å². The number of hydrogen-bond donors (Lipinski definition) is 0. The summed E-state index contributed by atoms with van der Waals surface area (Å²) in [5, 5.41) is 4.19. The van der Waals surface area contributed by atoms with Crippen LogP contribution < -0.4 is 15.3 Å². The van der Waals surface area contributed by atoms with Crippen molar-refractivity contribution in [1.82, 2.24) is 4.57 Å². The third-order valence-corrected chi connectivity index (χ3v) is 13.4. The van der Waals surface area contributed by atoms with E-state index in [1.54, 1.807) is 11.8 Å². The lowest BCUT2D eigenvalue weighted by atomic mass is 10.0. The van der Waals surface area contributed by atoms with Gasteiger partial charge < -0.3 is 4.57 Å². The van der Waals surface area contributed by atoms with Crippen LogP contribution in [0, 0.1) is 0 Å². The lowest BCUT2D eigenvalue weighted by Gasteiger charge is -2.34. The molecule has 0 amide bonds. The summed E-state index contributed by atoms with van der Waals surface area (Å²) in [6, 6.07) is 60.8. The van der Waals surface area contributed by atoms with E-state index in [1.165, 1.54) is 21.8 Å². The van der Waals surface area contributed by atoms with E-state index in [0.717, 1.165) is 48.6 Å². The predicted octanol–water partition coefficient (Wildman–Crippen LogP) is 11.0. The van der Waals surface area contributed by atoms with Crippen LogP contribution >= 0.6 is 19.1 Å². The second kappa shape index (κ2) is 11.2. The number of aromatic nitrogens is 1. The quantitative estimate of drug-likeness (QED) is 0.179. The summed E-state index contributed by atoms with van der Waals surface area (Å²) in [6.07, 6.45) is 0. The molecule has 9 rings (SSSR count). The molecule has 1 aliphatic heterocycles. The monoisotopic (exact) mass is 640 g/mol. The maximum absolute atomic E-state index is 15.8. The summed E-state index contributed by atoms with van der Waals surface area (Å²) in [5.74, 6) is 0. The first-order valence-electron chi connectivity index (χ1n) is 15.7. The van der Waals surface area contributed by atoms with Gasteiger partial charge in [0, 0.05) is 42.5 Å². The molecule has 0 spiro atoms. The molecule has 224 valence electrons. The van der Waals surface area contributed by atoms with Crippen LogP contribution in [0.4, 0.5) is 11.4 Å². The highest BCUT2D eigenvalue weighted by atomic mass is 32.2. The van der Waals surface area contributed by atoms with Gasteiger partial charge in [0.15, 0.2) is 0 Å². The van der Waals surface area contributed by atoms with E-state index in [-0.39, 0.29) is 0 Å². The van der Waals surface area contributed by atoms with Gasteiger partial charge in [0.1, 0.15) is 0 Å². The van der Waals surface area contributed by atoms with Crippen molar-refractivity contribution in [3.63, 3.8) is 0 Å². The smallest absolute Gasteiger partial charge is 0.235 e. The molecule has 1 aliphatic rings. The molecule has 1 unspecified atom stereocenters. The van der Waals surface area contributed by atoms with Crippen LogP contribution in [-0.2, 0) is 4.57 Å². The average molecular weight is 641 g/mol. The van der Waals surface area contributed by atoms with Gasteiger partial charge in [0.25, 0.3) is 0 Å². The minimum absolute atomic E-state index is 0.814. The first kappa shape index (κ1) is 28.0. The Hall–Kier alpha value is -5.28. The second-order valence-electron chi connectivity index (χ2n) is 11.7. The average Bonchev–Trinajstić information content (AvgIpc) is 3.42. The van der Waals surface area contributed by atoms with Crippen molar-refractivity contribution in [3.05, 3.63) is 176 Å². The summed E-state index contributed by atoms with van der Waals surface area (Å²) in [6.45, 7) is 0. The molecule has 0 N–H and O–H groups in total. The minimum Gasteiger partial charge on any atom is -0.309 e. The molecule has 0 saturated heterocycles. The normalized spacial score (nSPS) is 15.7. The Morgan fingerprint density at radius 3 is 1.62 bits per heavy atom. The fourth-order valence-corrected chi connectivity index (χ4v) is 11.3. The van der Waals surface area contributed by atoms with Gasteiger partial charge >= 0.3 is 0 Å². The van der Waals surface area contributed by atoms with Crippen LogP contribution in [-0.4, -0.2) is 4.57 Å². The standard InChI is InChI=1S/C42H29N2OPS/c45-46(34-12-2-1-3-13-34)40-19-9-11-21-42(40)47-41-20-10-8-18-39(41)44(46)33-28-24-31(25-29-33)30-22-26-32(27-23-30)43-37-16-6-4-14-35(37)36-15-5-7-17-38(36)43/h1-29H. The van der Waals surface area contributed by atoms with E-state index in [1.807, 2.05) is 54.6 Å². The summed E-state index contributed by atoms with van der Waals surface area (Å²) >= 11 is 1.68. The molecular weight excluding hydrogens is 612 g/mol. The van der Waals surface area contributed by atoms with E-state index in [0.29, 0.717) is 0 Å². The molecule has 47 heavy (non-hydrogen) atoms. The van der Waals surface area contributed by atoms with Crippen LogP contribution in [0.2, 0.25) is 0 Å². The summed E-state index contributed by atoms with van der Waals surface area (Å²) < 4.78 is 20.2. The maximum Gasteiger partial charge on any atom is 0.235 e. The summed E-state index contributed by atoms with van der Waals surface area (Å²) in [5.41, 5.74) is 7.61. The number of benzene rings is 7. The molecule has 3 nitrogen and oxygen atoms in total. The van der Waals surface area contributed by atoms with Crippen molar-refractivity contribution in [1.29, 1.82) is 0 Å². The maximum atomic E-state index is 15.8. The lowest BCUT2D eigenvalue weighted by molar-refractivity contribution is 0.586. The first-order valence-corrected chi connectivity index (χ1v) is 18.2. The van der Waals surface area contributed by atoms with Gasteiger partial charge in [-0.05, 0) is 83.9 Å². The van der Waals surface area contributed by atoms with Crippen molar-refractivity contribution in [2.45, 2.75) is 9.79 Å². The molecule has 8 aromatic rings. The molecular formula is C42H29N2OPS. The zero-order valence-electron chi connectivity index (χ0n) is 25.4. The number of anilines is 2. The number of hydrogen-bond acceptors (Lipinski definition) is 2. The molecule has 0 bridgehead atoms. The topological polar surface area (TPSA) is 25.2 Å². The van der Waals surface area contributed by atoms with E-state index in [2.05, 4.69) is 131 Å². The van der Waals surface area contributed by atoms with Gasteiger partial charge in [-0.3, -0.25) is 9.24 Å². The Morgan fingerprint density at radius 2 is 0.957 bits per heavy atom. The Balaban J connectivity index is 1.14. The number of rotatable bonds is 4.